The number of rotatable bonds is 5. The van der Waals surface area contributed by atoms with E-state index in [1.54, 1.807) is 0 Å². The standard InChI is InChI=1S/C21H24N2OS/c1-15-6-8-16(9-7-15)21(17-10-11-17)22-20(24)14-23-12-13-25-19-5-3-2-4-18(19)23/h2-9,17,21H,10-14H2,1H3,(H,22,24). The van der Waals surface area contributed by atoms with E-state index in [9.17, 15) is 4.79 Å². The monoisotopic (exact) mass is 352 g/mol. The minimum Gasteiger partial charge on any atom is -0.360 e. The molecule has 0 spiro atoms. The summed E-state index contributed by atoms with van der Waals surface area (Å²) in [5.74, 6) is 1.75. The van der Waals surface area contributed by atoms with Crippen LogP contribution in [0.25, 0.3) is 0 Å². The number of hydrogen-bond acceptors (Lipinski definition) is 3. The van der Waals surface area contributed by atoms with Gasteiger partial charge in [-0.25, -0.2) is 0 Å². The van der Waals surface area contributed by atoms with Gasteiger partial charge in [-0.05, 0) is 43.4 Å². The first-order valence-corrected chi connectivity index (χ1v) is 10.0. The summed E-state index contributed by atoms with van der Waals surface area (Å²) in [6.45, 7) is 3.46. The molecular weight excluding hydrogens is 328 g/mol. The lowest BCUT2D eigenvalue weighted by Crippen LogP contribution is -2.41. The van der Waals surface area contributed by atoms with Gasteiger partial charge < -0.3 is 10.2 Å². The summed E-state index contributed by atoms with van der Waals surface area (Å²) in [7, 11) is 0. The first-order valence-electron chi connectivity index (χ1n) is 9.03. The summed E-state index contributed by atoms with van der Waals surface area (Å²) in [5, 5.41) is 3.31. The average molecular weight is 353 g/mol. The number of nitrogens with one attached hydrogen (secondary N) is 1. The van der Waals surface area contributed by atoms with Crippen molar-refractivity contribution in [1.82, 2.24) is 5.32 Å². The Labute approximate surface area is 153 Å². The topological polar surface area (TPSA) is 32.3 Å². The number of thioether (sulfide) groups is 1. The zero-order valence-electron chi connectivity index (χ0n) is 14.6. The van der Waals surface area contributed by atoms with Crippen LogP contribution in [0.3, 0.4) is 0 Å². The number of fused-ring (bicyclic) bond motifs is 1. The van der Waals surface area contributed by atoms with E-state index < -0.39 is 0 Å². The number of hydrogen-bond donors (Lipinski definition) is 1. The molecule has 25 heavy (non-hydrogen) atoms. The predicted molar refractivity (Wildman–Crippen MR) is 104 cm³/mol. The highest BCUT2D eigenvalue weighted by Gasteiger charge is 2.33. The third kappa shape index (κ3) is 3.84. The molecule has 0 bridgehead atoms. The summed E-state index contributed by atoms with van der Waals surface area (Å²) in [6.07, 6.45) is 2.42. The molecule has 1 N–H and O–H groups in total. The van der Waals surface area contributed by atoms with Gasteiger partial charge in [0.1, 0.15) is 0 Å². The highest BCUT2D eigenvalue weighted by Crippen LogP contribution is 2.41. The molecule has 1 aliphatic carbocycles. The lowest BCUT2D eigenvalue weighted by molar-refractivity contribution is -0.120. The first kappa shape index (κ1) is 16.5. The van der Waals surface area contributed by atoms with Gasteiger partial charge >= 0.3 is 0 Å². The fourth-order valence-electron chi connectivity index (χ4n) is 3.46. The number of aryl methyl sites for hydroxylation is 1. The van der Waals surface area contributed by atoms with Gasteiger partial charge in [0.25, 0.3) is 0 Å². The molecule has 0 saturated heterocycles. The van der Waals surface area contributed by atoms with Crippen molar-refractivity contribution in [2.24, 2.45) is 5.92 Å². The molecular formula is C21H24N2OS. The maximum Gasteiger partial charge on any atom is 0.240 e. The number of amides is 1. The molecule has 2 aromatic carbocycles. The number of carbonyl (C=O) groups is 1. The second-order valence-electron chi connectivity index (χ2n) is 7.03. The molecule has 0 radical (unpaired) electrons. The Bertz CT molecular complexity index is 755. The third-order valence-electron chi connectivity index (χ3n) is 5.01. The number of para-hydroxylation sites is 1. The third-order valence-corrected chi connectivity index (χ3v) is 6.05. The van der Waals surface area contributed by atoms with E-state index in [4.69, 9.17) is 0 Å². The van der Waals surface area contributed by atoms with Crippen molar-refractivity contribution in [1.29, 1.82) is 0 Å². The first-order chi connectivity index (χ1) is 12.2. The van der Waals surface area contributed by atoms with Crippen molar-refractivity contribution in [3.05, 3.63) is 59.7 Å². The molecule has 1 aliphatic heterocycles. The summed E-state index contributed by atoms with van der Waals surface area (Å²) >= 11 is 1.87. The fraction of sp³-hybridized carbons (Fsp3) is 0.381. The van der Waals surface area contributed by atoms with Crippen LogP contribution in [0.1, 0.15) is 30.0 Å². The SMILES string of the molecule is Cc1ccc(C(NC(=O)CN2CCSc3ccccc32)C2CC2)cc1. The number of carbonyl (C=O) groups excluding carboxylic acids is 1. The van der Waals surface area contributed by atoms with Gasteiger partial charge in [-0.15, -0.1) is 11.8 Å². The molecule has 1 heterocycles. The molecule has 1 atom stereocenters. The van der Waals surface area contributed by atoms with E-state index in [1.165, 1.54) is 34.6 Å². The normalized spacial score (nSPS) is 17.7. The van der Waals surface area contributed by atoms with E-state index in [0.717, 1.165) is 12.3 Å². The number of anilines is 1. The number of benzene rings is 2. The van der Waals surface area contributed by atoms with Gasteiger partial charge in [-0.2, -0.15) is 0 Å². The number of nitrogens with zero attached hydrogens (tertiary/aromatic N) is 1. The quantitative estimate of drug-likeness (QED) is 0.876. The van der Waals surface area contributed by atoms with Gasteiger partial charge in [0, 0.05) is 17.2 Å². The summed E-state index contributed by atoms with van der Waals surface area (Å²) < 4.78 is 0. The molecule has 2 aromatic rings. The van der Waals surface area contributed by atoms with Crippen molar-refractivity contribution in [2.75, 3.05) is 23.7 Å². The fourth-order valence-corrected chi connectivity index (χ4v) is 4.51. The molecule has 1 unspecified atom stereocenters. The Kier molecular flexibility index (Phi) is 4.71. The highest BCUT2D eigenvalue weighted by molar-refractivity contribution is 7.99. The van der Waals surface area contributed by atoms with Gasteiger partial charge in [-0.1, -0.05) is 42.0 Å². The van der Waals surface area contributed by atoms with Crippen LogP contribution in [0.2, 0.25) is 0 Å². The molecule has 4 rings (SSSR count). The Hall–Kier alpha value is -1.94. The van der Waals surface area contributed by atoms with Crippen molar-refractivity contribution in [2.45, 2.75) is 30.7 Å². The lowest BCUT2D eigenvalue weighted by Gasteiger charge is -2.31. The Morgan fingerprint density at radius 1 is 1.20 bits per heavy atom. The molecule has 4 heteroatoms. The Morgan fingerprint density at radius 2 is 1.96 bits per heavy atom. The summed E-state index contributed by atoms with van der Waals surface area (Å²) in [5.41, 5.74) is 3.68. The van der Waals surface area contributed by atoms with Crippen LogP contribution in [0, 0.1) is 12.8 Å². The van der Waals surface area contributed by atoms with Crippen molar-refractivity contribution in [3.8, 4) is 0 Å². The Morgan fingerprint density at radius 3 is 2.72 bits per heavy atom. The van der Waals surface area contributed by atoms with Gasteiger partial charge in [0.15, 0.2) is 0 Å². The van der Waals surface area contributed by atoms with Crippen LogP contribution in [-0.4, -0.2) is 24.7 Å². The minimum absolute atomic E-state index is 0.124. The smallest absolute Gasteiger partial charge is 0.240 e. The van der Waals surface area contributed by atoms with Crippen molar-refractivity contribution >= 4 is 23.4 Å². The van der Waals surface area contributed by atoms with Gasteiger partial charge in [0.2, 0.25) is 5.91 Å². The lowest BCUT2D eigenvalue weighted by atomic mass is 10.0. The van der Waals surface area contributed by atoms with E-state index in [-0.39, 0.29) is 11.9 Å². The van der Waals surface area contributed by atoms with Crippen LogP contribution in [-0.2, 0) is 4.79 Å². The highest BCUT2D eigenvalue weighted by atomic mass is 32.2. The van der Waals surface area contributed by atoms with E-state index in [0.29, 0.717) is 12.5 Å². The predicted octanol–water partition coefficient (Wildman–Crippen LogP) is 4.17. The average Bonchev–Trinajstić information content (AvgIpc) is 3.46. The molecule has 1 amide bonds. The molecule has 0 aromatic heterocycles. The van der Waals surface area contributed by atoms with Crippen LogP contribution in [0.15, 0.2) is 53.4 Å². The van der Waals surface area contributed by atoms with E-state index in [1.807, 2.05) is 11.8 Å². The van der Waals surface area contributed by atoms with Crippen LogP contribution in [0.4, 0.5) is 5.69 Å². The van der Waals surface area contributed by atoms with Crippen LogP contribution >= 0.6 is 11.8 Å². The van der Waals surface area contributed by atoms with E-state index in [2.05, 4.69) is 65.7 Å². The maximum atomic E-state index is 12.7. The summed E-state index contributed by atoms with van der Waals surface area (Å²) in [6, 6.07) is 17.1. The molecule has 130 valence electrons. The maximum absolute atomic E-state index is 12.7. The van der Waals surface area contributed by atoms with Gasteiger partial charge in [-0.3, -0.25) is 4.79 Å². The molecule has 2 aliphatic rings. The van der Waals surface area contributed by atoms with Crippen molar-refractivity contribution in [3.63, 3.8) is 0 Å². The zero-order chi connectivity index (χ0) is 17.2. The van der Waals surface area contributed by atoms with Crippen molar-refractivity contribution < 1.29 is 4.79 Å². The molecule has 1 saturated carbocycles. The Balaban J connectivity index is 1.45. The zero-order valence-corrected chi connectivity index (χ0v) is 15.4. The minimum atomic E-state index is 0.124. The van der Waals surface area contributed by atoms with Gasteiger partial charge in [0.05, 0.1) is 18.3 Å². The largest absolute Gasteiger partial charge is 0.360 e. The second kappa shape index (κ2) is 7.12. The van der Waals surface area contributed by atoms with E-state index >= 15 is 0 Å². The second-order valence-corrected chi connectivity index (χ2v) is 8.17. The molecule has 1 fully saturated rings. The van der Waals surface area contributed by atoms with Crippen LogP contribution < -0.4 is 10.2 Å². The summed E-state index contributed by atoms with van der Waals surface area (Å²) in [4.78, 5) is 16.2. The van der Waals surface area contributed by atoms with Crippen LogP contribution in [0.5, 0.6) is 0 Å². The molecule has 3 nitrogen and oxygen atoms in total.